The first-order valence-corrected chi connectivity index (χ1v) is 10.8. The molecule has 2 unspecified atom stereocenters. The number of fused-ring (bicyclic) bond motifs is 2. The van der Waals surface area contributed by atoms with Gasteiger partial charge in [0.05, 0.1) is 50.8 Å². The fourth-order valence-corrected chi connectivity index (χ4v) is 4.27. The molecule has 2 saturated carbocycles. The summed E-state index contributed by atoms with van der Waals surface area (Å²) in [4.78, 5) is 0. The van der Waals surface area contributed by atoms with Gasteiger partial charge in [-0.05, 0) is 25.7 Å². The molecule has 0 aromatic rings. The van der Waals surface area contributed by atoms with Gasteiger partial charge in [0.15, 0.2) is 0 Å². The van der Waals surface area contributed by atoms with Gasteiger partial charge in [0, 0.05) is 26.2 Å². The molecule has 3 fully saturated rings. The van der Waals surface area contributed by atoms with E-state index in [0.717, 1.165) is 78.3 Å². The van der Waals surface area contributed by atoms with Crippen molar-refractivity contribution >= 4 is 0 Å². The summed E-state index contributed by atoms with van der Waals surface area (Å²) in [5.74, 6) is 0. The van der Waals surface area contributed by atoms with Gasteiger partial charge < -0.3 is 29.6 Å². The minimum Gasteiger partial charge on any atom is -0.374 e. The Kier molecular flexibility index (Phi) is 9.67. The number of nitrogens with one attached hydrogen (secondary N) is 2. The molecule has 3 rings (SSSR count). The van der Waals surface area contributed by atoms with Gasteiger partial charge in [-0.15, -0.1) is 0 Å². The van der Waals surface area contributed by atoms with E-state index in [4.69, 9.17) is 18.9 Å². The van der Waals surface area contributed by atoms with Crippen molar-refractivity contribution in [3.63, 3.8) is 0 Å². The second kappa shape index (κ2) is 12.3. The standard InChI is InChI=1S/C20H38N2O4/c1-2-6-18-17(5-1)23-13-9-21-11-15-25-19-7-3-4-8-20(19)26-16-12-22-10-14-24-18/h17-22H,1-16H2/t17-,18-,19?,20?/m0/s1. The van der Waals surface area contributed by atoms with Crippen LogP contribution in [0.25, 0.3) is 0 Å². The van der Waals surface area contributed by atoms with Crippen LogP contribution in [0.5, 0.6) is 0 Å². The van der Waals surface area contributed by atoms with Crippen molar-refractivity contribution in [1.82, 2.24) is 10.6 Å². The van der Waals surface area contributed by atoms with Crippen LogP contribution in [0.2, 0.25) is 0 Å². The molecule has 1 saturated heterocycles. The van der Waals surface area contributed by atoms with E-state index in [-0.39, 0.29) is 24.4 Å². The van der Waals surface area contributed by atoms with Gasteiger partial charge in [0.25, 0.3) is 0 Å². The van der Waals surface area contributed by atoms with Crippen molar-refractivity contribution in [3.8, 4) is 0 Å². The van der Waals surface area contributed by atoms with Crippen molar-refractivity contribution in [2.24, 2.45) is 0 Å². The van der Waals surface area contributed by atoms with Crippen LogP contribution in [-0.4, -0.2) is 77.0 Å². The average Bonchev–Trinajstić information content (AvgIpc) is 2.68. The van der Waals surface area contributed by atoms with Gasteiger partial charge in [0.1, 0.15) is 0 Å². The topological polar surface area (TPSA) is 61.0 Å². The summed E-state index contributed by atoms with van der Waals surface area (Å²) in [6, 6.07) is 0. The van der Waals surface area contributed by atoms with E-state index >= 15 is 0 Å². The highest BCUT2D eigenvalue weighted by atomic mass is 16.5. The lowest BCUT2D eigenvalue weighted by Crippen LogP contribution is -2.40. The Hall–Kier alpha value is -0.240. The molecule has 1 heterocycles. The third-order valence-electron chi connectivity index (χ3n) is 5.73. The molecule has 0 radical (unpaired) electrons. The van der Waals surface area contributed by atoms with Crippen molar-refractivity contribution in [2.45, 2.75) is 75.8 Å². The van der Waals surface area contributed by atoms with E-state index in [0.29, 0.717) is 0 Å². The summed E-state index contributed by atoms with van der Waals surface area (Å²) in [7, 11) is 0. The van der Waals surface area contributed by atoms with Crippen LogP contribution in [0, 0.1) is 0 Å². The summed E-state index contributed by atoms with van der Waals surface area (Å²) in [6.45, 7) is 6.49. The molecule has 26 heavy (non-hydrogen) atoms. The van der Waals surface area contributed by atoms with Crippen LogP contribution < -0.4 is 10.6 Å². The molecule has 6 nitrogen and oxygen atoms in total. The molecular weight excluding hydrogens is 332 g/mol. The fraction of sp³-hybridized carbons (Fsp3) is 1.00. The van der Waals surface area contributed by atoms with E-state index in [1.54, 1.807) is 0 Å². The normalized spacial score (nSPS) is 36.9. The lowest BCUT2D eigenvalue weighted by Gasteiger charge is -2.32. The molecule has 0 aromatic carbocycles. The predicted octanol–water partition coefficient (Wildman–Crippen LogP) is 1.87. The third-order valence-corrected chi connectivity index (χ3v) is 5.73. The van der Waals surface area contributed by atoms with Gasteiger partial charge in [-0.25, -0.2) is 0 Å². The predicted molar refractivity (Wildman–Crippen MR) is 102 cm³/mol. The Morgan fingerprint density at radius 2 is 0.692 bits per heavy atom. The Labute approximate surface area is 158 Å². The molecule has 0 spiro atoms. The van der Waals surface area contributed by atoms with Gasteiger partial charge in [-0.3, -0.25) is 0 Å². The zero-order valence-corrected chi connectivity index (χ0v) is 16.3. The second-order valence-electron chi connectivity index (χ2n) is 7.71. The summed E-state index contributed by atoms with van der Waals surface area (Å²) in [6.07, 6.45) is 10.5. The van der Waals surface area contributed by atoms with E-state index in [1.165, 1.54) is 25.7 Å². The van der Waals surface area contributed by atoms with Gasteiger partial charge in [0.2, 0.25) is 0 Å². The SMILES string of the molecule is C1CCC2OCCNCCO[C@H]3CCCC[C@@H]3OCCNCCOC2C1. The second-order valence-corrected chi connectivity index (χ2v) is 7.71. The Morgan fingerprint density at radius 3 is 0.962 bits per heavy atom. The largest absolute Gasteiger partial charge is 0.374 e. The molecular formula is C20H38N2O4. The Morgan fingerprint density at radius 1 is 0.423 bits per heavy atom. The maximum atomic E-state index is 6.11. The van der Waals surface area contributed by atoms with Crippen molar-refractivity contribution in [3.05, 3.63) is 0 Å². The van der Waals surface area contributed by atoms with Gasteiger partial charge >= 0.3 is 0 Å². The van der Waals surface area contributed by atoms with Gasteiger partial charge in [-0.1, -0.05) is 25.7 Å². The average molecular weight is 371 g/mol. The number of hydrogen-bond donors (Lipinski definition) is 2. The van der Waals surface area contributed by atoms with E-state index in [9.17, 15) is 0 Å². The van der Waals surface area contributed by atoms with Crippen molar-refractivity contribution < 1.29 is 18.9 Å². The van der Waals surface area contributed by atoms with E-state index in [1.807, 2.05) is 0 Å². The highest BCUT2D eigenvalue weighted by molar-refractivity contribution is 4.78. The lowest BCUT2D eigenvalue weighted by atomic mass is 9.94. The smallest absolute Gasteiger partial charge is 0.0837 e. The molecule has 4 atom stereocenters. The molecule has 6 heteroatoms. The zero-order valence-electron chi connectivity index (χ0n) is 16.3. The number of ether oxygens (including phenoxy) is 4. The first kappa shape index (κ1) is 20.5. The minimum absolute atomic E-state index is 0.256. The summed E-state index contributed by atoms with van der Waals surface area (Å²) in [5, 5.41) is 6.88. The highest BCUT2D eigenvalue weighted by Crippen LogP contribution is 2.24. The van der Waals surface area contributed by atoms with Crippen LogP contribution in [0.3, 0.4) is 0 Å². The lowest BCUT2D eigenvalue weighted by molar-refractivity contribution is -0.0968. The highest BCUT2D eigenvalue weighted by Gasteiger charge is 2.27. The molecule has 2 N–H and O–H groups in total. The summed E-state index contributed by atoms with van der Waals surface area (Å²) in [5.41, 5.74) is 0. The fourth-order valence-electron chi connectivity index (χ4n) is 4.27. The monoisotopic (exact) mass is 370 g/mol. The first-order chi connectivity index (χ1) is 12.9. The molecule has 3 aliphatic rings. The van der Waals surface area contributed by atoms with Crippen LogP contribution in [0.15, 0.2) is 0 Å². The molecule has 0 amide bonds. The Balaban J connectivity index is 1.44. The van der Waals surface area contributed by atoms with Crippen LogP contribution in [0.4, 0.5) is 0 Å². The molecule has 0 aromatic heterocycles. The molecule has 152 valence electrons. The summed E-state index contributed by atoms with van der Waals surface area (Å²) < 4.78 is 24.4. The van der Waals surface area contributed by atoms with E-state index in [2.05, 4.69) is 10.6 Å². The first-order valence-electron chi connectivity index (χ1n) is 10.8. The molecule has 2 aliphatic carbocycles. The quantitative estimate of drug-likeness (QED) is 0.679. The van der Waals surface area contributed by atoms with Crippen LogP contribution >= 0.6 is 0 Å². The van der Waals surface area contributed by atoms with Crippen LogP contribution in [-0.2, 0) is 18.9 Å². The maximum absolute atomic E-state index is 6.11. The van der Waals surface area contributed by atoms with Crippen molar-refractivity contribution in [2.75, 3.05) is 52.6 Å². The zero-order chi connectivity index (χ0) is 17.9. The summed E-state index contributed by atoms with van der Waals surface area (Å²) >= 11 is 0. The van der Waals surface area contributed by atoms with Crippen LogP contribution in [0.1, 0.15) is 51.4 Å². The van der Waals surface area contributed by atoms with E-state index < -0.39 is 0 Å². The number of hydrogen-bond acceptors (Lipinski definition) is 6. The molecule has 0 bridgehead atoms. The maximum Gasteiger partial charge on any atom is 0.0837 e. The van der Waals surface area contributed by atoms with Gasteiger partial charge in [-0.2, -0.15) is 0 Å². The molecule has 1 aliphatic heterocycles. The van der Waals surface area contributed by atoms with Crippen molar-refractivity contribution in [1.29, 1.82) is 0 Å². The number of rotatable bonds is 0. The third kappa shape index (κ3) is 7.06. The Bertz CT molecular complexity index is 306. The minimum atomic E-state index is 0.256.